The van der Waals surface area contributed by atoms with Crippen molar-refractivity contribution in [1.29, 1.82) is 0 Å². The second-order valence-electron chi connectivity index (χ2n) is 5.35. The van der Waals surface area contributed by atoms with Crippen LogP contribution in [-0.4, -0.2) is 32.5 Å². The fourth-order valence-corrected chi connectivity index (χ4v) is 3.29. The van der Waals surface area contributed by atoms with Crippen molar-refractivity contribution in [2.75, 3.05) is 0 Å². The molecule has 0 heterocycles. The molecular formula is C10H20N2O2S2. The van der Waals surface area contributed by atoms with Crippen LogP contribution in [0, 0.1) is 0 Å². The lowest BCUT2D eigenvalue weighted by Gasteiger charge is -2.34. The second kappa shape index (κ2) is 5.82. The van der Waals surface area contributed by atoms with Gasteiger partial charge in [0, 0.05) is 33.0 Å². The van der Waals surface area contributed by atoms with E-state index in [9.17, 15) is 9.59 Å². The summed E-state index contributed by atoms with van der Waals surface area (Å²) >= 11 is 0. The molecule has 0 aromatic heterocycles. The molecule has 0 aliphatic rings. The highest BCUT2D eigenvalue weighted by atomic mass is 33.1. The zero-order valence-corrected chi connectivity index (χ0v) is 12.3. The van der Waals surface area contributed by atoms with Crippen molar-refractivity contribution in [3.8, 4) is 0 Å². The van der Waals surface area contributed by atoms with Crippen LogP contribution < -0.4 is 0 Å². The standard InChI is InChI=1S/C10H20N2O2S2/c1-9(2,3)11(7-13)15-16-12(8-14)10(4,5)6/h7-8H,1-6H3. The number of rotatable bonds is 5. The van der Waals surface area contributed by atoms with E-state index >= 15 is 0 Å². The Bertz CT molecular complexity index is 220. The summed E-state index contributed by atoms with van der Waals surface area (Å²) in [7, 11) is 2.53. The van der Waals surface area contributed by atoms with E-state index in [-0.39, 0.29) is 11.1 Å². The van der Waals surface area contributed by atoms with E-state index in [1.54, 1.807) is 8.61 Å². The summed E-state index contributed by atoms with van der Waals surface area (Å²) in [6.07, 6.45) is 1.56. The quantitative estimate of drug-likeness (QED) is 0.435. The van der Waals surface area contributed by atoms with E-state index in [2.05, 4.69) is 0 Å². The third-order valence-corrected chi connectivity index (χ3v) is 4.53. The van der Waals surface area contributed by atoms with Crippen molar-refractivity contribution in [2.45, 2.75) is 52.6 Å². The number of hydrogen-bond acceptors (Lipinski definition) is 4. The molecule has 0 rings (SSSR count). The minimum atomic E-state index is -0.258. The van der Waals surface area contributed by atoms with Gasteiger partial charge in [0.25, 0.3) is 0 Å². The zero-order valence-electron chi connectivity index (χ0n) is 10.7. The van der Waals surface area contributed by atoms with Gasteiger partial charge in [-0.2, -0.15) is 0 Å². The van der Waals surface area contributed by atoms with Gasteiger partial charge in [0.05, 0.1) is 0 Å². The SMILES string of the molecule is CC(C)(C)N(C=O)SSN(C=O)C(C)(C)C. The van der Waals surface area contributed by atoms with Crippen LogP contribution in [0.2, 0.25) is 0 Å². The first kappa shape index (κ1) is 15.6. The maximum atomic E-state index is 10.9. The predicted octanol–water partition coefficient (Wildman–Crippen LogP) is 2.71. The molecule has 0 atom stereocenters. The average molecular weight is 264 g/mol. The van der Waals surface area contributed by atoms with Crippen molar-refractivity contribution in [3.05, 3.63) is 0 Å². The van der Waals surface area contributed by atoms with Crippen LogP contribution in [0.5, 0.6) is 0 Å². The first-order valence-electron chi connectivity index (χ1n) is 4.97. The molecule has 2 amide bonds. The van der Waals surface area contributed by atoms with Crippen molar-refractivity contribution < 1.29 is 9.59 Å². The summed E-state index contributed by atoms with van der Waals surface area (Å²) in [5, 5.41) is 0. The summed E-state index contributed by atoms with van der Waals surface area (Å²) < 4.78 is 3.17. The highest BCUT2D eigenvalue weighted by Gasteiger charge is 2.25. The Morgan fingerprint density at radius 1 is 0.750 bits per heavy atom. The summed E-state index contributed by atoms with van der Waals surface area (Å²) in [6, 6.07) is 0. The molecule has 0 N–H and O–H groups in total. The first-order chi connectivity index (χ1) is 7.12. The molecule has 0 bridgehead atoms. The highest BCUT2D eigenvalue weighted by Crippen LogP contribution is 2.36. The molecule has 6 heteroatoms. The largest absolute Gasteiger partial charge is 0.278 e. The Balaban J connectivity index is 4.41. The van der Waals surface area contributed by atoms with Gasteiger partial charge in [-0.15, -0.1) is 0 Å². The highest BCUT2D eigenvalue weighted by molar-refractivity contribution is 8.75. The van der Waals surface area contributed by atoms with E-state index in [0.29, 0.717) is 0 Å². The lowest BCUT2D eigenvalue weighted by atomic mass is 10.1. The molecule has 94 valence electrons. The normalized spacial score (nSPS) is 12.1. The molecule has 0 unspecified atom stereocenters. The lowest BCUT2D eigenvalue weighted by Crippen LogP contribution is -2.37. The molecule has 4 nitrogen and oxygen atoms in total. The van der Waals surface area contributed by atoms with Crippen molar-refractivity contribution in [3.63, 3.8) is 0 Å². The van der Waals surface area contributed by atoms with Crippen molar-refractivity contribution in [1.82, 2.24) is 8.61 Å². The van der Waals surface area contributed by atoms with Crippen molar-refractivity contribution in [2.24, 2.45) is 0 Å². The molecule has 0 saturated heterocycles. The van der Waals surface area contributed by atoms with Crippen LogP contribution >= 0.6 is 22.0 Å². The smallest absolute Gasteiger partial charge is 0.220 e. The Hall–Kier alpha value is -0.360. The number of nitrogens with zero attached hydrogens (tertiary/aromatic N) is 2. The van der Waals surface area contributed by atoms with Crippen molar-refractivity contribution >= 4 is 34.8 Å². The van der Waals surface area contributed by atoms with E-state index in [0.717, 1.165) is 12.8 Å². The topological polar surface area (TPSA) is 40.6 Å². The lowest BCUT2D eigenvalue weighted by molar-refractivity contribution is -0.117. The van der Waals surface area contributed by atoms with Gasteiger partial charge >= 0.3 is 0 Å². The number of amides is 2. The minimum absolute atomic E-state index is 0.258. The Labute approximate surface area is 106 Å². The molecule has 0 aromatic carbocycles. The third kappa shape index (κ3) is 5.12. The second-order valence-corrected chi connectivity index (χ2v) is 7.33. The van der Waals surface area contributed by atoms with Gasteiger partial charge in [0.15, 0.2) is 0 Å². The maximum absolute atomic E-state index is 10.9. The maximum Gasteiger partial charge on any atom is 0.220 e. The van der Waals surface area contributed by atoms with E-state index in [1.807, 2.05) is 41.5 Å². The molecule has 0 radical (unpaired) electrons. The number of carbonyl (C=O) groups is 2. The number of hydrogen-bond donors (Lipinski definition) is 0. The summed E-state index contributed by atoms with van der Waals surface area (Å²) in [5.41, 5.74) is -0.516. The molecule has 0 saturated carbocycles. The average Bonchev–Trinajstić information content (AvgIpc) is 2.08. The van der Waals surface area contributed by atoms with Gasteiger partial charge in [-0.1, -0.05) is 0 Å². The predicted molar refractivity (Wildman–Crippen MR) is 70.5 cm³/mol. The van der Waals surface area contributed by atoms with Gasteiger partial charge in [-0.25, -0.2) is 0 Å². The molecule has 0 aliphatic carbocycles. The zero-order chi connectivity index (χ0) is 13.0. The fourth-order valence-electron chi connectivity index (χ4n) is 0.647. The van der Waals surface area contributed by atoms with Gasteiger partial charge in [-0.3, -0.25) is 18.2 Å². The van der Waals surface area contributed by atoms with Crippen LogP contribution in [0.25, 0.3) is 0 Å². The summed E-state index contributed by atoms with van der Waals surface area (Å²) in [5.74, 6) is 0. The Morgan fingerprint density at radius 2 is 1.00 bits per heavy atom. The van der Waals surface area contributed by atoms with Gasteiger partial charge in [0.1, 0.15) is 0 Å². The molecule has 0 spiro atoms. The van der Waals surface area contributed by atoms with Crippen LogP contribution in [0.3, 0.4) is 0 Å². The summed E-state index contributed by atoms with van der Waals surface area (Å²) in [6.45, 7) is 11.7. The summed E-state index contributed by atoms with van der Waals surface area (Å²) in [4.78, 5) is 21.8. The Morgan fingerprint density at radius 3 is 1.12 bits per heavy atom. The van der Waals surface area contributed by atoms with Crippen LogP contribution in [0.15, 0.2) is 0 Å². The Kier molecular flexibility index (Phi) is 5.69. The minimum Gasteiger partial charge on any atom is -0.278 e. The van der Waals surface area contributed by atoms with Crippen LogP contribution in [0.1, 0.15) is 41.5 Å². The first-order valence-corrected chi connectivity index (χ1v) is 7.03. The van der Waals surface area contributed by atoms with Gasteiger partial charge in [-0.05, 0) is 41.5 Å². The van der Waals surface area contributed by atoms with E-state index in [1.165, 1.54) is 22.0 Å². The monoisotopic (exact) mass is 264 g/mol. The molecule has 0 aliphatic heterocycles. The van der Waals surface area contributed by atoms with Crippen LogP contribution in [0.4, 0.5) is 0 Å². The van der Waals surface area contributed by atoms with E-state index < -0.39 is 0 Å². The fraction of sp³-hybridized carbons (Fsp3) is 0.800. The number of carbonyl (C=O) groups excluding carboxylic acids is 2. The third-order valence-electron chi connectivity index (χ3n) is 1.71. The van der Waals surface area contributed by atoms with E-state index in [4.69, 9.17) is 0 Å². The van der Waals surface area contributed by atoms with Gasteiger partial charge < -0.3 is 0 Å². The molecule has 0 aromatic rings. The van der Waals surface area contributed by atoms with Gasteiger partial charge in [0.2, 0.25) is 12.8 Å². The molecule has 0 fully saturated rings. The molecular weight excluding hydrogens is 244 g/mol. The molecule has 16 heavy (non-hydrogen) atoms. The van der Waals surface area contributed by atoms with Crippen LogP contribution in [-0.2, 0) is 9.59 Å².